The molecule has 0 aliphatic rings. The van der Waals surface area contributed by atoms with Crippen molar-refractivity contribution in [1.29, 1.82) is 0 Å². The summed E-state index contributed by atoms with van der Waals surface area (Å²) in [6.07, 6.45) is -0.00261. The maximum atomic E-state index is 13.5. The number of hydrogen-bond acceptors (Lipinski definition) is 4. The Kier molecular flexibility index (Phi) is 4.52. The number of ether oxygens (including phenoxy) is 1. The highest BCUT2D eigenvalue weighted by Gasteiger charge is 2.31. The van der Waals surface area contributed by atoms with E-state index in [2.05, 4.69) is 10.3 Å². The molecule has 20 heavy (non-hydrogen) atoms. The molecular formula is C13H19F2N3O2. The number of carbonyl (C=O) groups excluding carboxylic acids is 1. The van der Waals surface area contributed by atoms with Gasteiger partial charge in [-0.1, -0.05) is 6.92 Å². The monoisotopic (exact) mass is 287 g/mol. The molecule has 1 aromatic heterocycles. The van der Waals surface area contributed by atoms with E-state index in [0.29, 0.717) is 0 Å². The molecule has 0 bridgehead atoms. The van der Waals surface area contributed by atoms with E-state index >= 15 is 0 Å². The maximum absolute atomic E-state index is 13.5. The Bertz CT molecular complexity index is 499. The van der Waals surface area contributed by atoms with Crippen molar-refractivity contribution >= 4 is 17.5 Å². The van der Waals surface area contributed by atoms with Crippen molar-refractivity contribution in [3.05, 3.63) is 18.0 Å². The second-order valence-electron chi connectivity index (χ2n) is 5.34. The van der Waals surface area contributed by atoms with Crippen LogP contribution in [0.4, 0.5) is 25.0 Å². The van der Waals surface area contributed by atoms with Gasteiger partial charge in [-0.15, -0.1) is 0 Å². The fourth-order valence-corrected chi connectivity index (χ4v) is 1.37. The Balaban J connectivity index is 2.87. The summed E-state index contributed by atoms with van der Waals surface area (Å²) in [7, 11) is 0. The molecule has 1 amide bonds. The van der Waals surface area contributed by atoms with E-state index in [4.69, 9.17) is 10.5 Å². The first-order valence-electron chi connectivity index (χ1n) is 6.19. The third kappa shape index (κ3) is 4.32. The molecule has 1 aromatic rings. The first kappa shape index (κ1) is 16.1. The Morgan fingerprint density at radius 1 is 1.45 bits per heavy atom. The predicted molar refractivity (Wildman–Crippen MR) is 72.7 cm³/mol. The molecule has 0 aromatic carbocycles. The Labute approximate surface area is 116 Å². The molecule has 0 unspecified atom stereocenters. The highest BCUT2D eigenvalue weighted by atomic mass is 19.3. The zero-order valence-corrected chi connectivity index (χ0v) is 12.0. The molecule has 0 saturated heterocycles. The zero-order valence-electron chi connectivity index (χ0n) is 12.0. The second-order valence-corrected chi connectivity index (χ2v) is 5.34. The van der Waals surface area contributed by atoms with Gasteiger partial charge < -0.3 is 10.5 Å². The number of alkyl halides is 2. The molecule has 0 fully saturated rings. The maximum Gasteiger partial charge on any atom is 0.412 e. The number of rotatable bonds is 3. The molecule has 5 nitrogen and oxygen atoms in total. The van der Waals surface area contributed by atoms with Crippen LogP contribution >= 0.6 is 0 Å². The molecule has 1 heterocycles. The molecule has 112 valence electrons. The SMILES string of the molecule is CCC(F)(F)c1cc(N)c(NC(=O)OC(C)(C)C)cn1. The van der Waals surface area contributed by atoms with Crippen molar-refractivity contribution in [2.24, 2.45) is 0 Å². The van der Waals surface area contributed by atoms with Gasteiger partial charge in [0.1, 0.15) is 11.3 Å². The quantitative estimate of drug-likeness (QED) is 0.891. The lowest BCUT2D eigenvalue weighted by Crippen LogP contribution is -2.27. The van der Waals surface area contributed by atoms with Crippen molar-refractivity contribution < 1.29 is 18.3 Å². The number of pyridine rings is 1. The smallest absolute Gasteiger partial charge is 0.412 e. The molecule has 0 aliphatic carbocycles. The first-order chi connectivity index (χ1) is 9.05. The summed E-state index contributed by atoms with van der Waals surface area (Å²) in [6.45, 7) is 6.47. The normalized spacial score (nSPS) is 12.1. The number of hydrogen-bond donors (Lipinski definition) is 2. The number of halogens is 2. The highest BCUT2D eigenvalue weighted by Crippen LogP contribution is 2.32. The first-order valence-corrected chi connectivity index (χ1v) is 6.19. The van der Waals surface area contributed by atoms with E-state index in [1.165, 1.54) is 6.92 Å². The Hall–Kier alpha value is -1.92. The van der Waals surface area contributed by atoms with Gasteiger partial charge in [0.05, 0.1) is 17.6 Å². The molecular weight excluding hydrogens is 268 g/mol. The van der Waals surface area contributed by atoms with Crippen LogP contribution in [0.1, 0.15) is 39.8 Å². The topological polar surface area (TPSA) is 77.2 Å². The third-order valence-electron chi connectivity index (χ3n) is 2.39. The van der Waals surface area contributed by atoms with Crippen molar-refractivity contribution in [3.8, 4) is 0 Å². The summed E-state index contributed by atoms with van der Waals surface area (Å²) >= 11 is 0. The minimum atomic E-state index is -3.04. The third-order valence-corrected chi connectivity index (χ3v) is 2.39. The van der Waals surface area contributed by atoms with Crippen molar-refractivity contribution in [1.82, 2.24) is 4.98 Å². The van der Waals surface area contributed by atoms with E-state index < -0.39 is 23.3 Å². The van der Waals surface area contributed by atoms with Crippen LogP contribution in [-0.2, 0) is 10.7 Å². The van der Waals surface area contributed by atoms with Crippen LogP contribution in [0.3, 0.4) is 0 Å². The Morgan fingerprint density at radius 2 is 2.05 bits per heavy atom. The average molecular weight is 287 g/mol. The van der Waals surface area contributed by atoms with Gasteiger partial charge in [-0.2, -0.15) is 8.78 Å². The number of aromatic nitrogens is 1. The molecule has 3 N–H and O–H groups in total. The predicted octanol–water partition coefficient (Wildman–Crippen LogP) is 3.51. The number of nitrogen functional groups attached to an aromatic ring is 1. The van der Waals surface area contributed by atoms with Crippen LogP contribution in [0, 0.1) is 0 Å². The number of carbonyl (C=O) groups is 1. The summed E-state index contributed by atoms with van der Waals surface area (Å²) in [5, 5.41) is 2.37. The fourth-order valence-electron chi connectivity index (χ4n) is 1.37. The van der Waals surface area contributed by atoms with E-state index in [1.807, 2.05) is 0 Å². The van der Waals surface area contributed by atoms with Crippen LogP contribution in [0.25, 0.3) is 0 Å². The van der Waals surface area contributed by atoms with E-state index in [1.54, 1.807) is 20.8 Å². The van der Waals surface area contributed by atoms with Crippen molar-refractivity contribution in [2.45, 2.75) is 45.6 Å². The molecule has 0 spiro atoms. The van der Waals surface area contributed by atoms with Gasteiger partial charge in [0, 0.05) is 6.42 Å². The Morgan fingerprint density at radius 3 is 2.50 bits per heavy atom. The van der Waals surface area contributed by atoms with Crippen molar-refractivity contribution in [2.75, 3.05) is 11.1 Å². The lowest BCUT2D eigenvalue weighted by atomic mass is 10.1. The van der Waals surface area contributed by atoms with Crippen molar-refractivity contribution in [3.63, 3.8) is 0 Å². The largest absolute Gasteiger partial charge is 0.444 e. The van der Waals surface area contributed by atoms with Crippen LogP contribution in [0.5, 0.6) is 0 Å². The summed E-state index contributed by atoms with van der Waals surface area (Å²) in [5.74, 6) is -3.04. The van der Waals surface area contributed by atoms with Gasteiger partial charge in [-0.25, -0.2) is 4.79 Å². The summed E-state index contributed by atoms with van der Waals surface area (Å²) in [5.41, 5.74) is 4.69. The molecule has 0 aliphatic heterocycles. The van der Waals surface area contributed by atoms with Gasteiger partial charge in [-0.3, -0.25) is 10.3 Å². The van der Waals surface area contributed by atoms with Gasteiger partial charge in [-0.05, 0) is 26.8 Å². The minimum Gasteiger partial charge on any atom is -0.444 e. The van der Waals surface area contributed by atoms with E-state index in [-0.39, 0.29) is 17.8 Å². The number of nitrogens with two attached hydrogens (primary N) is 1. The molecule has 0 radical (unpaired) electrons. The van der Waals surface area contributed by atoms with Gasteiger partial charge in [0.25, 0.3) is 5.92 Å². The van der Waals surface area contributed by atoms with Crippen LogP contribution in [0.15, 0.2) is 12.3 Å². The average Bonchev–Trinajstić information content (AvgIpc) is 2.29. The van der Waals surface area contributed by atoms with E-state index in [9.17, 15) is 13.6 Å². The van der Waals surface area contributed by atoms with E-state index in [0.717, 1.165) is 12.3 Å². The molecule has 1 rings (SSSR count). The summed E-state index contributed by atoms with van der Waals surface area (Å²) < 4.78 is 31.9. The van der Waals surface area contributed by atoms with Gasteiger partial charge in [0.15, 0.2) is 0 Å². The minimum absolute atomic E-state index is 0.00832. The summed E-state index contributed by atoms with van der Waals surface area (Å²) in [4.78, 5) is 15.2. The van der Waals surface area contributed by atoms with Crippen LogP contribution < -0.4 is 11.1 Å². The number of nitrogens with one attached hydrogen (secondary N) is 1. The lowest BCUT2D eigenvalue weighted by molar-refractivity contribution is -0.0127. The molecule has 0 atom stereocenters. The number of amides is 1. The molecule has 7 heteroatoms. The number of nitrogens with zero attached hydrogens (tertiary/aromatic N) is 1. The molecule has 0 saturated carbocycles. The number of anilines is 2. The summed E-state index contributed by atoms with van der Waals surface area (Å²) in [6, 6.07) is 1.05. The fraction of sp³-hybridized carbons (Fsp3) is 0.538. The van der Waals surface area contributed by atoms with Crippen LogP contribution in [0.2, 0.25) is 0 Å². The van der Waals surface area contributed by atoms with Gasteiger partial charge >= 0.3 is 6.09 Å². The van der Waals surface area contributed by atoms with Gasteiger partial charge in [0.2, 0.25) is 0 Å². The second kappa shape index (κ2) is 5.60. The standard InChI is InChI=1S/C13H19F2N3O2/c1-5-13(14,15)10-6-8(16)9(7-17-10)18-11(19)20-12(2,3)4/h6-7H,5H2,1-4H3,(H2,16,17)(H,18,19). The lowest BCUT2D eigenvalue weighted by Gasteiger charge is -2.20. The highest BCUT2D eigenvalue weighted by molar-refractivity contribution is 5.88. The zero-order chi connectivity index (χ0) is 15.6. The van der Waals surface area contributed by atoms with Crippen LogP contribution in [-0.4, -0.2) is 16.7 Å².